The first-order valence-corrected chi connectivity index (χ1v) is 28.2. The van der Waals surface area contributed by atoms with Crippen LogP contribution in [0.25, 0.3) is 0 Å². The van der Waals surface area contributed by atoms with Gasteiger partial charge in [0.25, 0.3) is 0 Å². The summed E-state index contributed by atoms with van der Waals surface area (Å²) in [5, 5.41) is 49.8. The van der Waals surface area contributed by atoms with Gasteiger partial charge in [-0.2, -0.15) is 0 Å². The Morgan fingerprint density at radius 3 is 1.43 bits per heavy atom. The van der Waals surface area contributed by atoms with E-state index in [1.165, 1.54) is 42.1 Å². The van der Waals surface area contributed by atoms with Gasteiger partial charge in [0, 0.05) is 33.9 Å². The van der Waals surface area contributed by atoms with E-state index in [-0.39, 0.29) is 44.8 Å². The minimum absolute atomic E-state index is 0.0403. The topological polar surface area (TPSA) is 534 Å². The first-order valence-electron chi connectivity index (χ1n) is 26.3. The number of nitrogens with two attached hydrogens (primary N) is 3. The van der Waals surface area contributed by atoms with Gasteiger partial charge in [0.2, 0.25) is 70.9 Å². The zero-order chi connectivity index (χ0) is 63.6. The van der Waals surface area contributed by atoms with Crippen LogP contribution in [0.5, 0.6) is 0 Å². The molecular weight excluding hydrogens is 1120 g/mol. The van der Waals surface area contributed by atoms with Gasteiger partial charge < -0.3 is 98.5 Å². The number of hydrogen-bond acceptors (Lipinski definition) is 19. The SMILES string of the molecule is CC[C@H](C)[C@H](NC(=O)[C@H](CC(N)=O)NC(=O)[C@H](CC(=O)O)NC(=O)[C@H](CC(N)=O)NCCC[Si](OC)(OC)OC)C(=O)N[C@@H](CC(=O)O)C(=O)N1CCC[C@H]1C(=O)N[C@@H](CC(N)=O)C(=O)N[C@@H](C)C(=O)N[C@H](C(=O)N[C@@H](C)C(=O)O)C(C)C. The van der Waals surface area contributed by atoms with Crippen molar-refractivity contribution in [3.63, 3.8) is 0 Å². The summed E-state index contributed by atoms with van der Waals surface area (Å²) in [4.78, 5) is 195. The Morgan fingerprint density at radius 2 is 0.952 bits per heavy atom. The molecule has 0 aromatic heterocycles. The van der Waals surface area contributed by atoms with Crippen molar-refractivity contribution < 1.29 is 101 Å². The number of hydrogen-bond donors (Lipinski definition) is 15. The summed E-state index contributed by atoms with van der Waals surface area (Å²) in [6, 6.07) is -16.0. The second-order valence-electron chi connectivity index (χ2n) is 19.9. The lowest BCUT2D eigenvalue weighted by Gasteiger charge is -2.31. The van der Waals surface area contributed by atoms with Crippen LogP contribution in [0.15, 0.2) is 0 Å². The Morgan fingerprint density at radius 1 is 0.530 bits per heavy atom. The van der Waals surface area contributed by atoms with Crippen molar-refractivity contribution in [2.45, 2.75) is 166 Å². The van der Waals surface area contributed by atoms with Gasteiger partial charge in [0.15, 0.2) is 0 Å². The predicted octanol–water partition coefficient (Wildman–Crippen LogP) is -6.52. The van der Waals surface area contributed by atoms with Gasteiger partial charge in [0.1, 0.15) is 54.4 Å². The summed E-state index contributed by atoms with van der Waals surface area (Å²) in [5.74, 6) is -19.2. The normalized spacial score (nSPS) is 16.7. The molecule has 11 atom stereocenters. The average Bonchev–Trinajstić information content (AvgIpc) is 4.14. The van der Waals surface area contributed by atoms with E-state index in [1.54, 1.807) is 20.8 Å². The summed E-state index contributed by atoms with van der Waals surface area (Å²) in [6.07, 6.45) is -4.18. The second-order valence-corrected chi connectivity index (χ2v) is 23.0. The van der Waals surface area contributed by atoms with Crippen LogP contribution in [0.1, 0.15) is 99.3 Å². The number of carbonyl (C=O) groups excluding carboxylic acids is 12. The van der Waals surface area contributed by atoms with Crippen molar-refractivity contribution in [2.75, 3.05) is 34.4 Å². The van der Waals surface area contributed by atoms with Gasteiger partial charge in [-0.1, -0.05) is 34.1 Å². The van der Waals surface area contributed by atoms with Crippen LogP contribution in [-0.2, 0) is 85.2 Å². The molecule has 0 aromatic carbocycles. The molecule has 34 nitrogen and oxygen atoms in total. The molecule has 1 aliphatic rings. The number of amides is 12. The maximum absolute atomic E-state index is 14.2. The number of nitrogens with zero attached hydrogens (tertiary/aromatic N) is 1. The molecule has 1 saturated heterocycles. The number of aliphatic carboxylic acids is 3. The third-order valence-electron chi connectivity index (χ3n) is 13.1. The van der Waals surface area contributed by atoms with Gasteiger partial charge in [-0.05, 0) is 51.5 Å². The fourth-order valence-electron chi connectivity index (χ4n) is 8.27. The zero-order valence-electron chi connectivity index (χ0n) is 47.8. The highest BCUT2D eigenvalue weighted by atomic mass is 28.4. The second kappa shape index (κ2) is 35.2. The molecule has 0 bridgehead atoms. The minimum Gasteiger partial charge on any atom is -0.481 e. The molecule has 1 aliphatic heterocycles. The standard InChI is InChI=1S/C48H81N13O21Si/c1-10-23(4)38(60-43(73)28(19-34(51)64)55-42(72)29(20-35(65)66)56-40(70)26(17-32(49)62)52-14-12-16-83(80-7,81-8)82-9)46(76)58-30(21-36(67)68)47(77)61-15-11-13-31(61)44(74)57-27(18-33(50)63)41(71)53-24(5)39(69)59-37(22(2)3)45(75)54-25(6)48(78)79/h22-31,37-38,52H,10-21H2,1-9H3,(H2,49,62)(H2,50,63)(H2,51,64)(H,53,71)(H,54,75)(H,55,72)(H,56,70)(H,57,74)(H,58,76)(H,59,69)(H,60,73)(H,65,66)(H,67,68)(H,78,79)/t23-,24-,25-,26-,27-,28-,29-,30-,31-,37-,38-/m0/s1. The van der Waals surface area contributed by atoms with Crippen LogP contribution in [0.2, 0.25) is 6.04 Å². The van der Waals surface area contributed by atoms with Gasteiger partial charge in [-0.15, -0.1) is 0 Å². The highest BCUT2D eigenvalue weighted by molar-refractivity contribution is 6.60. The Labute approximate surface area is 479 Å². The lowest BCUT2D eigenvalue weighted by Crippen LogP contribution is -2.61. The van der Waals surface area contributed by atoms with Gasteiger partial charge in [-0.25, -0.2) is 0 Å². The molecule has 1 fully saturated rings. The summed E-state index contributed by atoms with van der Waals surface area (Å²) in [7, 11) is 1.10. The first-order chi connectivity index (χ1) is 38.7. The lowest BCUT2D eigenvalue weighted by atomic mass is 9.97. The van der Waals surface area contributed by atoms with E-state index in [9.17, 15) is 87.2 Å². The number of carboxylic acid groups (broad SMARTS) is 3. The van der Waals surface area contributed by atoms with Gasteiger partial charge >= 0.3 is 26.7 Å². The van der Waals surface area contributed by atoms with Crippen molar-refractivity contribution in [3.05, 3.63) is 0 Å². The maximum Gasteiger partial charge on any atom is 0.500 e. The molecule has 18 N–H and O–H groups in total. The number of primary amides is 3. The maximum atomic E-state index is 14.2. The number of carbonyl (C=O) groups is 15. The highest BCUT2D eigenvalue weighted by Gasteiger charge is 2.42. The summed E-state index contributed by atoms with van der Waals surface area (Å²) in [6.45, 7) is 8.39. The van der Waals surface area contributed by atoms with Crippen molar-refractivity contribution in [3.8, 4) is 0 Å². The van der Waals surface area contributed by atoms with E-state index in [0.717, 1.165) is 4.90 Å². The number of carboxylic acids is 3. The van der Waals surface area contributed by atoms with Crippen LogP contribution in [0.3, 0.4) is 0 Å². The fourth-order valence-corrected chi connectivity index (χ4v) is 9.99. The van der Waals surface area contributed by atoms with E-state index in [2.05, 4.69) is 47.9 Å². The third kappa shape index (κ3) is 24.6. The van der Waals surface area contributed by atoms with Gasteiger partial charge in [0.05, 0.1) is 38.1 Å². The van der Waals surface area contributed by atoms with Gasteiger partial charge in [-0.3, -0.25) is 71.9 Å². The summed E-state index contributed by atoms with van der Waals surface area (Å²) in [5.41, 5.74) is 16.1. The lowest BCUT2D eigenvalue weighted by molar-refractivity contribution is -0.146. The fraction of sp³-hybridized carbons (Fsp3) is 0.688. The largest absolute Gasteiger partial charge is 0.500 e. The number of nitrogens with one attached hydrogen (secondary N) is 9. The monoisotopic (exact) mass is 1200 g/mol. The summed E-state index contributed by atoms with van der Waals surface area (Å²) < 4.78 is 16.1. The van der Waals surface area contributed by atoms with E-state index in [4.69, 9.17) is 30.5 Å². The molecule has 0 unspecified atom stereocenters. The molecule has 12 amide bonds. The van der Waals surface area contributed by atoms with Crippen LogP contribution >= 0.6 is 0 Å². The molecule has 1 heterocycles. The smallest absolute Gasteiger partial charge is 0.481 e. The van der Waals surface area contributed by atoms with Crippen molar-refractivity contribution in [1.82, 2.24) is 52.8 Å². The Balaban J connectivity index is 3.41. The first kappa shape index (κ1) is 73.1. The molecule has 0 spiro atoms. The van der Waals surface area contributed by atoms with Crippen molar-refractivity contribution >= 4 is 97.6 Å². The number of rotatable bonds is 39. The summed E-state index contributed by atoms with van der Waals surface area (Å²) >= 11 is 0. The van der Waals surface area contributed by atoms with Crippen molar-refractivity contribution in [2.24, 2.45) is 29.0 Å². The molecular formula is C48H81N13O21Si. The Kier molecular flexibility index (Phi) is 31.0. The quantitative estimate of drug-likeness (QED) is 0.0201. The van der Waals surface area contributed by atoms with Crippen molar-refractivity contribution in [1.29, 1.82) is 0 Å². The van der Waals surface area contributed by atoms with E-state index in [1.807, 2.05) is 0 Å². The van der Waals surface area contributed by atoms with Crippen LogP contribution in [0, 0.1) is 11.8 Å². The highest BCUT2D eigenvalue weighted by Crippen LogP contribution is 2.21. The molecule has 468 valence electrons. The molecule has 0 radical (unpaired) electrons. The predicted molar refractivity (Wildman–Crippen MR) is 287 cm³/mol. The van der Waals surface area contributed by atoms with Crippen LogP contribution in [0.4, 0.5) is 0 Å². The third-order valence-corrected chi connectivity index (χ3v) is 16.0. The minimum atomic E-state index is -3.05. The molecule has 83 heavy (non-hydrogen) atoms. The molecule has 0 aromatic rings. The van der Waals surface area contributed by atoms with Crippen LogP contribution < -0.4 is 65.1 Å². The molecule has 1 rings (SSSR count). The van der Waals surface area contributed by atoms with E-state index >= 15 is 0 Å². The Hall–Kier alpha value is -7.89. The Bertz CT molecular complexity index is 2370. The average molecular weight is 1200 g/mol. The van der Waals surface area contributed by atoms with E-state index in [0.29, 0.717) is 0 Å². The molecule has 0 aliphatic carbocycles. The van der Waals surface area contributed by atoms with E-state index < -0.39 is 202 Å². The van der Waals surface area contributed by atoms with Crippen LogP contribution in [-0.4, -0.2) is 213 Å². The number of likely N-dealkylation sites (tertiary alicyclic amines) is 1. The zero-order valence-corrected chi connectivity index (χ0v) is 48.8. The molecule has 0 saturated carbocycles. The molecule has 35 heteroatoms.